The lowest BCUT2D eigenvalue weighted by Crippen LogP contribution is -2.37. The van der Waals surface area contributed by atoms with Crippen molar-refractivity contribution < 1.29 is 14.3 Å². The Morgan fingerprint density at radius 1 is 1.05 bits per heavy atom. The highest BCUT2D eigenvalue weighted by molar-refractivity contribution is 5.94. The Kier molecular flexibility index (Phi) is 5.28. The molecule has 0 fully saturated rings. The van der Waals surface area contributed by atoms with Gasteiger partial charge in [0, 0.05) is 23.5 Å². The van der Waals surface area contributed by atoms with Crippen LogP contribution in [0.1, 0.15) is 15.9 Å². The van der Waals surface area contributed by atoms with Crippen molar-refractivity contribution in [2.24, 2.45) is 0 Å². The second kappa shape index (κ2) is 7.64. The Morgan fingerprint density at radius 3 is 2.57 bits per heavy atom. The standard InChI is InChI=1S/C15H15N3O3/c19-14(13-6-2-1-3-7-13)17-11-18-15(20)21-10-12-5-4-8-16-9-12/h1-9H,10-11H2,(H,17,19)(H,18,20). The van der Waals surface area contributed by atoms with Gasteiger partial charge in [0.05, 0.1) is 6.67 Å². The van der Waals surface area contributed by atoms with E-state index in [0.29, 0.717) is 5.56 Å². The van der Waals surface area contributed by atoms with Crippen LogP contribution >= 0.6 is 0 Å². The summed E-state index contributed by atoms with van der Waals surface area (Å²) in [5, 5.41) is 5.00. The highest BCUT2D eigenvalue weighted by atomic mass is 16.5. The molecule has 1 aromatic heterocycles. The van der Waals surface area contributed by atoms with Crippen molar-refractivity contribution >= 4 is 12.0 Å². The lowest BCUT2D eigenvalue weighted by atomic mass is 10.2. The van der Waals surface area contributed by atoms with E-state index in [4.69, 9.17) is 4.74 Å². The lowest BCUT2D eigenvalue weighted by Gasteiger charge is -2.08. The zero-order chi connectivity index (χ0) is 14.9. The number of alkyl carbamates (subject to hydrolysis) is 1. The molecular weight excluding hydrogens is 270 g/mol. The van der Waals surface area contributed by atoms with Crippen LogP contribution < -0.4 is 10.6 Å². The van der Waals surface area contributed by atoms with Gasteiger partial charge in [0.2, 0.25) is 0 Å². The fraction of sp³-hybridized carbons (Fsp3) is 0.133. The number of nitrogens with one attached hydrogen (secondary N) is 2. The third kappa shape index (κ3) is 4.94. The molecule has 0 aliphatic carbocycles. The Bertz CT molecular complexity index is 588. The molecule has 2 amide bonds. The third-order valence-electron chi connectivity index (χ3n) is 2.61. The van der Waals surface area contributed by atoms with Crippen molar-refractivity contribution in [1.29, 1.82) is 0 Å². The van der Waals surface area contributed by atoms with Gasteiger partial charge in [0.1, 0.15) is 6.61 Å². The summed E-state index contributed by atoms with van der Waals surface area (Å²) in [4.78, 5) is 27.0. The maximum absolute atomic E-state index is 11.7. The van der Waals surface area contributed by atoms with E-state index >= 15 is 0 Å². The largest absolute Gasteiger partial charge is 0.445 e. The molecule has 1 heterocycles. The molecule has 0 bridgehead atoms. The summed E-state index contributed by atoms with van der Waals surface area (Å²) in [6.07, 6.45) is 2.65. The third-order valence-corrected chi connectivity index (χ3v) is 2.61. The second-order valence-corrected chi connectivity index (χ2v) is 4.16. The van der Waals surface area contributed by atoms with E-state index in [9.17, 15) is 9.59 Å². The Labute approximate surface area is 122 Å². The first-order chi connectivity index (χ1) is 10.3. The highest BCUT2D eigenvalue weighted by Crippen LogP contribution is 1.98. The molecular formula is C15H15N3O3. The second-order valence-electron chi connectivity index (χ2n) is 4.16. The number of hydrogen-bond acceptors (Lipinski definition) is 4. The van der Waals surface area contributed by atoms with Crippen LogP contribution in [0, 0.1) is 0 Å². The number of aromatic nitrogens is 1. The van der Waals surface area contributed by atoms with Crippen LogP contribution in [0.3, 0.4) is 0 Å². The summed E-state index contributed by atoms with van der Waals surface area (Å²) in [6, 6.07) is 12.3. The average molecular weight is 285 g/mol. The van der Waals surface area contributed by atoms with E-state index < -0.39 is 6.09 Å². The molecule has 0 aliphatic heterocycles. The number of pyridine rings is 1. The molecule has 0 saturated carbocycles. The summed E-state index contributed by atoms with van der Waals surface area (Å²) in [6.45, 7) is 0.131. The average Bonchev–Trinajstić information content (AvgIpc) is 2.54. The quantitative estimate of drug-likeness (QED) is 0.819. The first-order valence-electron chi connectivity index (χ1n) is 6.38. The van der Waals surface area contributed by atoms with Gasteiger partial charge in [0.15, 0.2) is 0 Å². The highest BCUT2D eigenvalue weighted by Gasteiger charge is 2.05. The first kappa shape index (κ1) is 14.5. The molecule has 0 atom stereocenters. The molecule has 1 aromatic carbocycles. The number of ether oxygens (including phenoxy) is 1. The minimum absolute atomic E-state index is 0.000396. The predicted molar refractivity (Wildman–Crippen MR) is 76.3 cm³/mol. The maximum Gasteiger partial charge on any atom is 0.408 e. The van der Waals surface area contributed by atoms with E-state index in [0.717, 1.165) is 5.56 Å². The van der Waals surface area contributed by atoms with Gasteiger partial charge in [-0.15, -0.1) is 0 Å². The van der Waals surface area contributed by atoms with E-state index in [1.807, 2.05) is 6.07 Å². The number of carbonyl (C=O) groups is 2. The summed E-state index contributed by atoms with van der Waals surface area (Å²) >= 11 is 0. The van der Waals surface area contributed by atoms with Crippen LogP contribution in [0.5, 0.6) is 0 Å². The van der Waals surface area contributed by atoms with E-state index in [2.05, 4.69) is 15.6 Å². The fourth-order valence-electron chi connectivity index (χ4n) is 1.57. The first-order valence-corrected chi connectivity index (χ1v) is 6.38. The van der Waals surface area contributed by atoms with Crippen LogP contribution in [0.4, 0.5) is 4.79 Å². The van der Waals surface area contributed by atoms with Gasteiger partial charge in [-0.05, 0) is 18.2 Å². The molecule has 2 N–H and O–H groups in total. The van der Waals surface area contributed by atoms with Crippen molar-refractivity contribution in [3.05, 3.63) is 66.0 Å². The number of carbonyl (C=O) groups excluding carboxylic acids is 2. The number of amides is 2. The summed E-state index contributed by atoms with van der Waals surface area (Å²) in [5.41, 5.74) is 1.32. The minimum Gasteiger partial charge on any atom is -0.445 e. The lowest BCUT2D eigenvalue weighted by molar-refractivity contribution is 0.0947. The normalized spacial score (nSPS) is 9.71. The van der Waals surface area contributed by atoms with Crippen LogP contribution in [0.2, 0.25) is 0 Å². The monoisotopic (exact) mass is 285 g/mol. The minimum atomic E-state index is -0.604. The predicted octanol–water partition coefficient (Wildman–Crippen LogP) is 1.70. The van der Waals surface area contributed by atoms with Crippen LogP contribution in [-0.2, 0) is 11.3 Å². The van der Waals surface area contributed by atoms with E-state index in [1.165, 1.54) is 0 Å². The Balaban J connectivity index is 1.66. The number of hydrogen-bond donors (Lipinski definition) is 2. The van der Waals surface area contributed by atoms with Gasteiger partial charge in [0.25, 0.3) is 5.91 Å². The van der Waals surface area contributed by atoms with Crippen molar-refractivity contribution in [1.82, 2.24) is 15.6 Å². The van der Waals surface area contributed by atoms with Crippen molar-refractivity contribution in [3.63, 3.8) is 0 Å². The molecule has 2 aromatic rings. The van der Waals surface area contributed by atoms with Gasteiger partial charge >= 0.3 is 6.09 Å². The molecule has 0 saturated heterocycles. The van der Waals surface area contributed by atoms with Crippen LogP contribution in [-0.4, -0.2) is 23.7 Å². The van der Waals surface area contributed by atoms with Crippen molar-refractivity contribution in [2.45, 2.75) is 6.61 Å². The molecule has 0 aliphatic rings. The van der Waals surface area contributed by atoms with Gasteiger partial charge in [-0.25, -0.2) is 4.79 Å². The zero-order valence-electron chi connectivity index (χ0n) is 11.3. The van der Waals surface area contributed by atoms with Gasteiger partial charge in [-0.2, -0.15) is 0 Å². The summed E-state index contributed by atoms with van der Waals surface area (Å²) < 4.78 is 4.97. The molecule has 0 radical (unpaired) electrons. The van der Waals surface area contributed by atoms with Crippen molar-refractivity contribution in [2.75, 3.05) is 6.67 Å². The number of rotatable bonds is 5. The summed E-state index contributed by atoms with van der Waals surface area (Å²) in [5.74, 6) is -0.261. The number of nitrogens with zero attached hydrogens (tertiary/aromatic N) is 1. The Hall–Kier alpha value is -2.89. The number of benzene rings is 1. The summed E-state index contributed by atoms with van der Waals surface area (Å²) in [7, 11) is 0. The Morgan fingerprint density at radius 2 is 1.86 bits per heavy atom. The van der Waals surface area contributed by atoms with Gasteiger partial charge < -0.3 is 15.4 Å². The molecule has 0 spiro atoms. The smallest absolute Gasteiger partial charge is 0.408 e. The molecule has 2 rings (SSSR count). The van der Waals surface area contributed by atoms with Crippen LogP contribution in [0.15, 0.2) is 54.9 Å². The molecule has 6 nitrogen and oxygen atoms in total. The van der Waals surface area contributed by atoms with E-state index in [-0.39, 0.29) is 19.2 Å². The van der Waals surface area contributed by atoms with Gasteiger partial charge in [-0.1, -0.05) is 24.3 Å². The molecule has 6 heteroatoms. The van der Waals surface area contributed by atoms with E-state index in [1.54, 1.807) is 48.8 Å². The van der Waals surface area contributed by atoms with Gasteiger partial charge in [-0.3, -0.25) is 9.78 Å². The zero-order valence-corrected chi connectivity index (χ0v) is 11.3. The molecule has 21 heavy (non-hydrogen) atoms. The fourth-order valence-corrected chi connectivity index (χ4v) is 1.57. The SMILES string of the molecule is O=C(NCNC(=O)c1ccccc1)OCc1cccnc1. The molecule has 0 unspecified atom stereocenters. The van der Waals surface area contributed by atoms with Crippen molar-refractivity contribution in [3.8, 4) is 0 Å². The van der Waals surface area contributed by atoms with Crippen LogP contribution in [0.25, 0.3) is 0 Å². The topological polar surface area (TPSA) is 80.3 Å². The molecule has 108 valence electrons. The maximum atomic E-state index is 11.7.